The summed E-state index contributed by atoms with van der Waals surface area (Å²) in [5.41, 5.74) is 0. The van der Waals surface area contributed by atoms with Gasteiger partial charge in [-0.1, -0.05) is 18.3 Å². The van der Waals surface area contributed by atoms with Crippen molar-refractivity contribution in [2.24, 2.45) is 0 Å². The van der Waals surface area contributed by atoms with Gasteiger partial charge in [0.15, 0.2) is 6.61 Å². The van der Waals surface area contributed by atoms with Crippen LogP contribution in [0.4, 0.5) is 0 Å². The number of hydrogen-bond acceptors (Lipinski definition) is 4. The van der Waals surface area contributed by atoms with Crippen LogP contribution < -0.4 is 0 Å². The molecule has 0 aromatic rings. The number of hydrogen-bond donors (Lipinski definition) is 0. The molecule has 0 aliphatic carbocycles. The van der Waals surface area contributed by atoms with Gasteiger partial charge in [0, 0.05) is 13.5 Å². The molecule has 1 rings (SSSR count). The maximum atomic E-state index is 11.3. The van der Waals surface area contributed by atoms with Crippen LogP contribution in [0.5, 0.6) is 0 Å². The highest BCUT2D eigenvalue weighted by atomic mass is 32.2. The number of thioether (sulfide) groups is 1. The highest BCUT2D eigenvalue weighted by Crippen LogP contribution is 2.12. The first-order valence-electron chi connectivity index (χ1n) is 6.57. The zero-order chi connectivity index (χ0) is 13.1. The van der Waals surface area contributed by atoms with E-state index in [1.54, 1.807) is 7.11 Å². The largest absolute Gasteiger partial charge is 0.452 e. The fourth-order valence-corrected chi connectivity index (χ4v) is 2.70. The van der Waals surface area contributed by atoms with Gasteiger partial charge in [0.25, 0.3) is 0 Å². The lowest BCUT2D eigenvalue weighted by atomic mass is 10.2. The van der Waals surface area contributed by atoms with Crippen molar-refractivity contribution < 1.29 is 14.3 Å². The Bertz CT molecular complexity index is 293. The highest BCUT2D eigenvalue weighted by molar-refractivity contribution is 7.99. The normalized spacial score (nSPS) is 24.1. The number of methoxy groups -OCH3 is 1. The van der Waals surface area contributed by atoms with Gasteiger partial charge in [-0.25, -0.2) is 0 Å². The van der Waals surface area contributed by atoms with E-state index in [9.17, 15) is 4.79 Å². The standard InChI is InChI=1S/C14H22O3S/c1-16-13-7-5-10-17-14(15)9-3-2-4-11-18-12-6-8-13/h13H,2-4,6,8-12H2,1H3. The summed E-state index contributed by atoms with van der Waals surface area (Å²) >= 11 is 1.98. The zero-order valence-electron chi connectivity index (χ0n) is 11.1. The molecule has 0 saturated carbocycles. The van der Waals surface area contributed by atoms with Gasteiger partial charge in [-0.05, 0) is 37.2 Å². The van der Waals surface area contributed by atoms with Crippen molar-refractivity contribution in [3.8, 4) is 11.8 Å². The van der Waals surface area contributed by atoms with Gasteiger partial charge < -0.3 is 9.47 Å². The van der Waals surface area contributed by atoms with Crippen LogP contribution in [0.15, 0.2) is 0 Å². The number of ether oxygens (including phenoxy) is 2. The first-order valence-corrected chi connectivity index (χ1v) is 7.73. The van der Waals surface area contributed by atoms with Crippen LogP contribution in [0.2, 0.25) is 0 Å². The number of cyclic esters (lactones) is 1. The van der Waals surface area contributed by atoms with E-state index >= 15 is 0 Å². The Morgan fingerprint density at radius 2 is 2.11 bits per heavy atom. The Morgan fingerprint density at radius 3 is 2.94 bits per heavy atom. The van der Waals surface area contributed by atoms with Crippen LogP contribution in [0.3, 0.4) is 0 Å². The molecule has 102 valence electrons. The third-order valence-electron chi connectivity index (χ3n) is 2.78. The lowest BCUT2D eigenvalue weighted by Crippen LogP contribution is -2.09. The molecule has 3 nitrogen and oxygen atoms in total. The summed E-state index contributed by atoms with van der Waals surface area (Å²) in [4.78, 5) is 11.3. The lowest BCUT2D eigenvalue weighted by Gasteiger charge is -2.07. The van der Waals surface area contributed by atoms with E-state index in [1.807, 2.05) is 11.8 Å². The molecule has 0 bridgehead atoms. The van der Waals surface area contributed by atoms with Crippen molar-refractivity contribution in [2.75, 3.05) is 25.2 Å². The quantitative estimate of drug-likeness (QED) is 0.542. The molecule has 4 heteroatoms. The fraction of sp³-hybridized carbons (Fsp3) is 0.786. The summed E-state index contributed by atoms with van der Waals surface area (Å²) in [6.45, 7) is 0.188. The number of esters is 1. The minimum absolute atomic E-state index is 0.0329. The molecule has 0 saturated heterocycles. The molecule has 0 spiro atoms. The molecule has 0 amide bonds. The molecular formula is C14H22O3S. The molecular weight excluding hydrogens is 248 g/mol. The number of carbonyl (C=O) groups excluding carboxylic acids is 1. The molecule has 1 unspecified atom stereocenters. The molecule has 0 aromatic heterocycles. The van der Waals surface area contributed by atoms with E-state index in [2.05, 4.69) is 11.8 Å². The monoisotopic (exact) mass is 270 g/mol. The van der Waals surface area contributed by atoms with Crippen molar-refractivity contribution in [3.05, 3.63) is 0 Å². The van der Waals surface area contributed by atoms with Gasteiger partial charge in [-0.15, -0.1) is 0 Å². The third-order valence-corrected chi connectivity index (χ3v) is 3.93. The molecule has 0 fully saturated rings. The van der Waals surface area contributed by atoms with E-state index < -0.39 is 0 Å². The van der Waals surface area contributed by atoms with Crippen molar-refractivity contribution in [1.29, 1.82) is 0 Å². The topological polar surface area (TPSA) is 35.5 Å². The van der Waals surface area contributed by atoms with E-state index in [4.69, 9.17) is 9.47 Å². The van der Waals surface area contributed by atoms with Crippen LogP contribution in [0, 0.1) is 11.8 Å². The molecule has 0 radical (unpaired) electrons. The first kappa shape index (κ1) is 15.4. The Labute approximate surface area is 114 Å². The van der Waals surface area contributed by atoms with E-state index in [1.165, 1.54) is 12.2 Å². The average molecular weight is 270 g/mol. The lowest BCUT2D eigenvalue weighted by molar-refractivity contribution is -0.142. The Kier molecular flexibility index (Phi) is 8.79. The van der Waals surface area contributed by atoms with E-state index in [-0.39, 0.29) is 18.7 Å². The minimum atomic E-state index is -0.138. The SMILES string of the molecule is COC1C#CCOC(=O)CCCCCSCCC1. The number of carbonyl (C=O) groups is 1. The Hall–Kier alpha value is -0.660. The predicted molar refractivity (Wildman–Crippen MR) is 74.6 cm³/mol. The summed E-state index contributed by atoms with van der Waals surface area (Å²) in [6, 6.07) is 0. The molecule has 1 heterocycles. The molecule has 18 heavy (non-hydrogen) atoms. The average Bonchev–Trinajstić information content (AvgIpc) is 2.39. The summed E-state index contributed by atoms with van der Waals surface area (Å²) in [5, 5.41) is 0. The van der Waals surface area contributed by atoms with Crippen molar-refractivity contribution in [2.45, 2.75) is 44.6 Å². The summed E-state index contributed by atoms with van der Waals surface area (Å²) in [7, 11) is 1.67. The molecule has 0 N–H and O–H groups in total. The Morgan fingerprint density at radius 1 is 1.28 bits per heavy atom. The summed E-state index contributed by atoms with van der Waals surface area (Å²) in [5.74, 6) is 8.07. The van der Waals surface area contributed by atoms with Crippen LogP contribution in [0.1, 0.15) is 38.5 Å². The second-order valence-corrected chi connectivity index (χ2v) is 5.50. The summed E-state index contributed by atoms with van der Waals surface area (Å²) in [6.07, 6.45) is 5.76. The highest BCUT2D eigenvalue weighted by Gasteiger charge is 2.04. The molecule has 0 aromatic carbocycles. The van der Waals surface area contributed by atoms with Crippen molar-refractivity contribution >= 4 is 17.7 Å². The van der Waals surface area contributed by atoms with Gasteiger partial charge in [-0.3, -0.25) is 4.79 Å². The van der Waals surface area contributed by atoms with Crippen LogP contribution in [-0.4, -0.2) is 37.3 Å². The second kappa shape index (κ2) is 10.3. The maximum Gasteiger partial charge on any atom is 0.306 e. The molecule has 1 aliphatic rings. The smallest absolute Gasteiger partial charge is 0.306 e. The number of rotatable bonds is 1. The van der Waals surface area contributed by atoms with Crippen molar-refractivity contribution in [3.63, 3.8) is 0 Å². The van der Waals surface area contributed by atoms with Gasteiger partial charge in [0.05, 0.1) is 0 Å². The fourth-order valence-electron chi connectivity index (χ4n) is 1.72. The summed E-state index contributed by atoms with van der Waals surface area (Å²) < 4.78 is 10.3. The van der Waals surface area contributed by atoms with Gasteiger partial charge in [-0.2, -0.15) is 11.8 Å². The van der Waals surface area contributed by atoms with Crippen LogP contribution in [0.25, 0.3) is 0 Å². The minimum Gasteiger partial charge on any atom is -0.452 e. The van der Waals surface area contributed by atoms with Gasteiger partial charge >= 0.3 is 5.97 Å². The maximum absolute atomic E-state index is 11.3. The van der Waals surface area contributed by atoms with E-state index in [0.29, 0.717) is 6.42 Å². The van der Waals surface area contributed by atoms with E-state index in [0.717, 1.165) is 31.4 Å². The van der Waals surface area contributed by atoms with Crippen molar-refractivity contribution in [1.82, 2.24) is 0 Å². The van der Waals surface area contributed by atoms with Crippen LogP contribution in [-0.2, 0) is 14.3 Å². The van der Waals surface area contributed by atoms with Gasteiger partial charge in [0.2, 0.25) is 0 Å². The first-order chi connectivity index (χ1) is 8.83. The molecule has 1 aliphatic heterocycles. The van der Waals surface area contributed by atoms with Gasteiger partial charge in [0.1, 0.15) is 6.10 Å². The predicted octanol–water partition coefficient (Wildman–Crippen LogP) is 2.64. The second-order valence-electron chi connectivity index (χ2n) is 4.27. The third kappa shape index (κ3) is 7.62. The van der Waals surface area contributed by atoms with Crippen LogP contribution >= 0.6 is 11.8 Å². The zero-order valence-corrected chi connectivity index (χ0v) is 11.9. The Balaban J connectivity index is 2.39. The molecule has 1 atom stereocenters.